The van der Waals surface area contributed by atoms with Crippen molar-refractivity contribution in [2.45, 2.75) is 31.9 Å². The van der Waals surface area contributed by atoms with Gasteiger partial charge in [0.25, 0.3) is 0 Å². The quantitative estimate of drug-likeness (QED) is 0.811. The molecule has 4 nitrogen and oxygen atoms in total. The van der Waals surface area contributed by atoms with Gasteiger partial charge in [-0.1, -0.05) is 6.92 Å². The Morgan fingerprint density at radius 2 is 2.60 bits per heavy atom. The minimum absolute atomic E-state index is 0.297. The van der Waals surface area contributed by atoms with Crippen LogP contribution in [0.2, 0.25) is 0 Å². The van der Waals surface area contributed by atoms with Gasteiger partial charge in [0.15, 0.2) is 0 Å². The van der Waals surface area contributed by atoms with E-state index in [0.717, 1.165) is 19.6 Å². The highest BCUT2D eigenvalue weighted by atomic mass is 16.5. The monoisotopic (exact) mass is 209 g/mol. The van der Waals surface area contributed by atoms with E-state index >= 15 is 0 Å². The topological polar surface area (TPSA) is 39.1 Å². The molecule has 0 radical (unpaired) electrons. The van der Waals surface area contributed by atoms with E-state index in [1.165, 1.54) is 12.0 Å². The van der Waals surface area contributed by atoms with E-state index in [0.29, 0.717) is 12.1 Å². The van der Waals surface area contributed by atoms with Crippen molar-refractivity contribution in [3.63, 3.8) is 0 Å². The molecule has 2 heterocycles. The fourth-order valence-corrected chi connectivity index (χ4v) is 2.15. The molecule has 15 heavy (non-hydrogen) atoms. The van der Waals surface area contributed by atoms with Crippen LogP contribution in [0.15, 0.2) is 12.4 Å². The Bertz CT molecular complexity index is 305. The number of aromatic nitrogens is 2. The lowest BCUT2D eigenvalue weighted by Crippen LogP contribution is -2.31. The predicted molar refractivity (Wildman–Crippen MR) is 58.6 cm³/mol. The summed E-state index contributed by atoms with van der Waals surface area (Å²) < 4.78 is 7.57. The van der Waals surface area contributed by atoms with Crippen molar-refractivity contribution in [1.29, 1.82) is 0 Å². The van der Waals surface area contributed by atoms with Crippen molar-refractivity contribution in [2.24, 2.45) is 7.05 Å². The molecule has 2 atom stereocenters. The zero-order valence-electron chi connectivity index (χ0n) is 9.44. The molecule has 4 heteroatoms. The summed E-state index contributed by atoms with van der Waals surface area (Å²) in [6.45, 7) is 3.98. The van der Waals surface area contributed by atoms with Crippen molar-refractivity contribution < 1.29 is 4.74 Å². The van der Waals surface area contributed by atoms with Crippen LogP contribution < -0.4 is 5.32 Å². The van der Waals surface area contributed by atoms with Crippen molar-refractivity contribution in [3.05, 3.63) is 18.0 Å². The molecule has 0 saturated carbocycles. The van der Waals surface area contributed by atoms with Crippen molar-refractivity contribution in [2.75, 3.05) is 13.2 Å². The highest BCUT2D eigenvalue weighted by Gasteiger charge is 2.27. The first kappa shape index (κ1) is 10.6. The highest BCUT2D eigenvalue weighted by Crippen LogP contribution is 2.26. The normalized spacial score (nSPS) is 23.2. The van der Waals surface area contributed by atoms with Crippen LogP contribution in [0.5, 0.6) is 0 Å². The minimum atomic E-state index is 0.297. The third-order valence-electron chi connectivity index (χ3n) is 2.84. The second kappa shape index (κ2) is 4.77. The third kappa shape index (κ3) is 2.38. The summed E-state index contributed by atoms with van der Waals surface area (Å²) in [6.07, 6.45) is 6.62. The number of hydrogen-bond acceptors (Lipinski definition) is 3. The summed E-state index contributed by atoms with van der Waals surface area (Å²) in [5, 5.41) is 7.69. The Hall–Kier alpha value is -0.870. The molecule has 1 saturated heterocycles. The van der Waals surface area contributed by atoms with Crippen LogP contribution in [-0.4, -0.2) is 29.0 Å². The van der Waals surface area contributed by atoms with E-state index in [-0.39, 0.29) is 0 Å². The number of likely N-dealkylation sites (N-methyl/N-ethyl adjacent to an activating group) is 1. The second-order valence-electron chi connectivity index (χ2n) is 4.03. The van der Waals surface area contributed by atoms with Gasteiger partial charge < -0.3 is 10.1 Å². The molecule has 0 aliphatic carbocycles. The van der Waals surface area contributed by atoms with E-state index in [1.807, 2.05) is 17.9 Å². The van der Waals surface area contributed by atoms with Crippen molar-refractivity contribution in [3.8, 4) is 0 Å². The summed E-state index contributed by atoms with van der Waals surface area (Å²) in [7, 11) is 1.95. The Morgan fingerprint density at radius 3 is 3.13 bits per heavy atom. The third-order valence-corrected chi connectivity index (χ3v) is 2.84. The van der Waals surface area contributed by atoms with Gasteiger partial charge in [0, 0.05) is 25.4 Å². The zero-order chi connectivity index (χ0) is 10.7. The average molecular weight is 209 g/mol. The highest BCUT2D eigenvalue weighted by molar-refractivity contribution is 5.12. The van der Waals surface area contributed by atoms with E-state index in [2.05, 4.69) is 23.5 Å². The Labute approximate surface area is 90.6 Å². The molecule has 84 valence electrons. The molecule has 1 aromatic rings. The van der Waals surface area contributed by atoms with Crippen molar-refractivity contribution >= 4 is 0 Å². The predicted octanol–water partition coefficient (Wildman–Crippen LogP) is 1.25. The molecular formula is C11H19N3O. The van der Waals surface area contributed by atoms with E-state index in [9.17, 15) is 0 Å². The Morgan fingerprint density at radius 1 is 1.73 bits per heavy atom. The van der Waals surface area contributed by atoms with Crippen molar-refractivity contribution in [1.82, 2.24) is 15.1 Å². The fourth-order valence-electron chi connectivity index (χ4n) is 2.15. The van der Waals surface area contributed by atoms with Gasteiger partial charge >= 0.3 is 0 Å². The molecule has 1 aliphatic rings. The van der Waals surface area contributed by atoms with Crippen LogP contribution in [0.3, 0.4) is 0 Å². The largest absolute Gasteiger partial charge is 0.376 e. The van der Waals surface area contributed by atoms with Gasteiger partial charge in [0.1, 0.15) is 0 Å². The van der Waals surface area contributed by atoms with Crippen LogP contribution in [0, 0.1) is 0 Å². The SMILES string of the molecule is CCNC(c1cnn(C)c1)C1CCCO1. The first-order valence-corrected chi connectivity index (χ1v) is 5.64. The number of nitrogens with zero attached hydrogens (tertiary/aromatic N) is 2. The molecule has 2 unspecified atom stereocenters. The summed E-state index contributed by atoms with van der Waals surface area (Å²) in [4.78, 5) is 0. The van der Waals surface area contributed by atoms with Gasteiger partial charge in [0.05, 0.1) is 18.3 Å². The van der Waals surface area contributed by atoms with Crippen LogP contribution in [0.4, 0.5) is 0 Å². The average Bonchev–Trinajstić information content (AvgIpc) is 2.85. The molecule has 2 rings (SSSR count). The Kier molecular flexibility index (Phi) is 3.38. The standard InChI is InChI=1S/C11H19N3O/c1-3-12-11(10-5-4-6-15-10)9-7-13-14(2)8-9/h7-8,10-12H,3-6H2,1-2H3. The van der Waals surface area contributed by atoms with Gasteiger partial charge in [-0.15, -0.1) is 0 Å². The minimum Gasteiger partial charge on any atom is -0.376 e. The molecule has 0 spiro atoms. The lowest BCUT2D eigenvalue weighted by molar-refractivity contribution is 0.0788. The van der Waals surface area contributed by atoms with Crippen LogP contribution in [-0.2, 0) is 11.8 Å². The van der Waals surface area contributed by atoms with E-state index in [4.69, 9.17) is 4.74 Å². The fraction of sp³-hybridized carbons (Fsp3) is 0.727. The molecule has 1 aromatic heterocycles. The first-order chi connectivity index (χ1) is 7.31. The summed E-state index contributed by atoms with van der Waals surface area (Å²) >= 11 is 0. The van der Waals surface area contributed by atoms with Gasteiger partial charge in [-0.05, 0) is 19.4 Å². The van der Waals surface area contributed by atoms with Crippen LogP contribution in [0.25, 0.3) is 0 Å². The number of hydrogen-bond donors (Lipinski definition) is 1. The first-order valence-electron chi connectivity index (χ1n) is 5.64. The maximum atomic E-state index is 5.73. The molecular weight excluding hydrogens is 190 g/mol. The molecule has 1 fully saturated rings. The lowest BCUT2D eigenvalue weighted by atomic mass is 10.0. The summed E-state index contributed by atoms with van der Waals surface area (Å²) in [5.74, 6) is 0. The maximum Gasteiger partial charge on any atom is 0.0771 e. The maximum absolute atomic E-state index is 5.73. The van der Waals surface area contributed by atoms with Gasteiger partial charge in [-0.3, -0.25) is 4.68 Å². The van der Waals surface area contributed by atoms with Crippen LogP contribution in [0.1, 0.15) is 31.4 Å². The number of nitrogens with one attached hydrogen (secondary N) is 1. The Balaban J connectivity index is 2.11. The van der Waals surface area contributed by atoms with E-state index < -0.39 is 0 Å². The lowest BCUT2D eigenvalue weighted by Gasteiger charge is -2.22. The molecule has 1 N–H and O–H groups in total. The number of rotatable bonds is 4. The zero-order valence-corrected chi connectivity index (χ0v) is 9.44. The van der Waals surface area contributed by atoms with Gasteiger partial charge in [0.2, 0.25) is 0 Å². The van der Waals surface area contributed by atoms with Gasteiger partial charge in [-0.2, -0.15) is 5.10 Å². The van der Waals surface area contributed by atoms with Crippen LogP contribution >= 0.6 is 0 Å². The van der Waals surface area contributed by atoms with E-state index in [1.54, 1.807) is 0 Å². The molecule has 0 amide bonds. The smallest absolute Gasteiger partial charge is 0.0771 e. The second-order valence-corrected chi connectivity index (χ2v) is 4.03. The molecule has 0 aromatic carbocycles. The number of aryl methyl sites for hydroxylation is 1. The summed E-state index contributed by atoms with van der Waals surface area (Å²) in [6, 6.07) is 0.297. The molecule has 1 aliphatic heterocycles. The van der Waals surface area contributed by atoms with Gasteiger partial charge in [-0.25, -0.2) is 0 Å². The summed E-state index contributed by atoms with van der Waals surface area (Å²) in [5.41, 5.74) is 1.23. The number of ether oxygens (including phenoxy) is 1. The molecule has 0 bridgehead atoms.